The Balaban J connectivity index is 1.87. The van der Waals surface area contributed by atoms with Crippen molar-refractivity contribution in [3.63, 3.8) is 0 Å². The molecule has 2 aromatic carbocycles. The smallest absolute Gasteiger partial charge is 0.243 e. The van der Waals surface area contributed by atoms with E-state index in [0.717, 1.165) is 30.0 Å². The maximum atomic E-state index is 11.8. The number of amides is 1. The Kier molecular flexibility index (Phi) is 8.65. The van der Waals surface area contributed by atoms with E-state index < -0.39 is 0 Å². The van der Waals surface area contributed by atoms with Gasteiger partial charge in [0.05, 0.1) is 0 Å². The molecule has 0 unspecified atom stereocenters. The highest BCUT2D eigenvalue weighted by Gasteiger charge is 2.05. The molecule has 0 saturated carbocycles. The molecular weight excluding hydrogens is 360 g/mol. The molecule has 27 heavy (non-hydrogen) atoms. The summed E-state index contributed by atoms with van der Waals surface area (Å²) in [6.45, 7) is 1.56. The highest BCUT2D eigenvalue weighted by molar-refractivity contribution is 6.30. The summed E-state index contributed by atoms with van der Waals surface area (Å²) in [5.41, 5.74) is 2.41. The number of aliphatic imine (C=N–C) groups is 1. The van der Waals surface area contributed by atoms with Gasteiger partial charge >= 0.3 is 0 Å². The van der Waals surface area contributed by atoms with Gasteiger partial charge in [-0.05, 0) is 36.1 Å². The van der Waals surface area contributed by atoms with E-state index in [4.69, 9.17) is 11.6 Å². The van der Waals surface area contributed by atoms with Gasteiger partial charge in [0.15, 0.2) is 5.96 Å². The minimum absolute atomic E-state index is 0.0333. The van der Waals surface area contributed by atoms with Crippen molar-refractivity contribution < 1.29 is 4.79 Å². The first-order chi connectivity index (χ1) is 13.0. The molecule has 0 saturated heterocycles. The van der Waals surface area contributed by atoms with E-state index in [1.54, 1.807) is 14.1 Å². The number of hydrogen-bond donors (Lipinski definition) is 2. The van der Waals surface area contributed by atoms with Crippen molar-refractivity contribution in [3.05, 3.63) is 70.7 Å². The van der Waals surface area contributed by atoms with Gasteiger partial charge in [0, 0.05) is 32.2 Å². The molecular formula is C21H27ClN4O. The Morgan fingerprint density at radius 1 is 0.963 bits per heavy atom. The molecule has 144 valence electrons. The lowest BCUT2D eigenvalue weighted by molar-refractivity contribution is -0.127. The first kappa shape index (κ1) is 20.8. The highest BCUT2D eigenvalue weighted by Crippen LogP contribution is 2.10. The van der Waals surface area contributed by atoms with Gasteiger partial charge in [-0.3, -0.25) is 4.79 Å². The second-order valence-corrected chi connectivity index (χ2v) is 6.86. The maximum Gasteiger partial charge on any atom is 0.243 e. The number of carbonyl (C=O) groups is 1. The molecule has 2 N–H and O–H groups in total. The number of nitrogens with one attached hydrogen (secondary N) is 2. The predicted octanol–water partition coefficient (Wildman–Crippen LogP) is 2.75. The average molecular weight is 387 g/mol. The molecule has 0 aliphatic rings. The normalized spacial score (nSPS) is 11.1. The zero-order valence-corrected chi connectivity index (χ0v) is 16.7. The second-order valence-electron chi connectivity index (χ2n) is 6.42. The molecule has 1 amide bonds. The second kappa shape index (κ2) is 11.2. The van der Waals surface area contributed by atoms with Crippen LogP contribution >= 0.6 is 11.6 Å². The van der Waals surface area contributed by atoms with E-state index in [9.17, 15) is 4.79 Å². The van der Waals surface area contributed by atoms with Gasteiger partial charge in [-0.2, -0.15) is 0 Å². The van der Waals surface area contributed by atoms with Gasteiger partial charge < -0.3 is 15.5 Å². The molecule has 0 heterocycles. The zero-order chi connectivity index (χ0) is 19.5. The Morgan fingerprint density at radius 3 is 2.22 bits per heavy atom. The predicted molar refractivity (Wildman–Crippen MR) is 112 cm³/mol. The van der Waals surface area contributed by atoms with Gasteiger partial charge in [-0.1, -0.05) is 54.1 Å². The summed E-state index contributed by atoms with van der Waals surface area (Å²) in [6, 6.07) is 18.1. The van der Waals surface area contributed by atoms with Crippen molar-refractivity contribution in [2.75, 3.05) is 33.7 Å². The third-order valence-electron chi connectivity index (χ3n) is 4.02. The SMILES string of the molecule is CN(C)C(=O)CN=C(NCCc1ccccc1)NCCc1cccc(Cl)c1. The number of halogens is 1. The van der Waals surface area contributed by atoms with Crippen LogP contribution < -0.4 is 10.6 Å². The molecule has 0 aliphatic heterocycles. The van der Waals surface area contributed by atoms with Crippen molar-refractivity contribution in [3.8, 4) is 0 Å². The van der Waals surface area contributed by atoms with E-state index >= 15 is 0 Å². The van der Waals surface area contributed by atoms with Crippen molar-refractivity contribution in [2.45, 2.75) is 12.8 Å². The van der Waals surface area contributed by atoms with Crippen molar-refractivity contribution in [2.24, 2.45) is 4.99 Å². The highest BCUT2D eigenvalue weighted by atomic mass is 35.5. The molecule has 2 aromatic rings. The molecule has 0 spiro atoms. The van der Waals surface area contributed by atoms with E-state index in [1.165, 1.54) is 10.5 Å². The number of rotatable bonds is 8. The Labute approximate surface area is 166 Å². The van der Waals surface area contributed by atoms with Crippen LogP contribution in [0.25, 0.3) is 0 Å². The zero-order valence-electron chi connectivity index (χ0n) is 15.9. The topological polar surface area (TPSA) is 56.7 Å². The first-order valence-corrected chi connectivity index (χ1v) is 9.43. The lowest BCUT2D eigenvalue weighted by Gasteiger charge is -2.14. The summed E-state index contributed by atoms with van der Waals surface area (Å²) in [6.07, 6.45) is 1.71. The molecule has 0 bridgehead atoms. The average Bonchev–Trinajstić information content (AvgIpc) is 2.66. The quantitative estimate of drug-likeness (QED) is 0.541. The van der Waals surface area contributed by atoms with E-state index in [-0.39, 0.29) is 12.5 Å². The molecule has 0 fully saturated rings. The minimum Gasteiger partial charge on any atom is -0.356 e. The molecule has 6 heteroatoms. The van der Waals surface area contributed by atoms with Crippen LogP contribution in [-0.2, 0) is 17.6 Å². The lowest BCUT2D eigenvalue weighted by Crippen LogP contribution is -2.40. The fourth-order valence-corrected chi connectivity index (χ4v) is 2.66. The summed E-state index contributed by atoms with van der Waals surface area (Å²) in [5, 5.41) is 7.33. The number of likely N-dealkylation sites (N-methyl/N-ethyl adjacent to an activating group) is 1. The third kappa shape index (κ3) is 8.13. The number of guanidine groups is 1. The number of benzene rings is 2. The van der Waals surface area contributed by atoms with Crippen molar-refractivity contribution in [1.82, 2.24) is 15.5 Å². The standard InChI is InChI=1S/C21H27ClN4O/c1-26(2)20(27)16-25-21(23-13-11-17-7-4-3-5-8-17)24-14-12-18-9-6-10-19(22)15-18/h3-10,15H,11-14,16H2,1-2H3,(H2,23,24,25). The van der Waals surface area contributed by atoms with Crippen LogP contribution in [0.3, 0.4) is 0 Å². The molecule has 0 radical (unpaired) electrons. The molecule has 2 rings (SSSR count). The molecule has 5 nitrogen and oxygen atoms in total. The van der Waals surface area contributed by atoms with Crippen LogP contribution in [0, 0.1) is 0 Å². The van der Waals surface area contributed by atoms with Crippen LogP contribution in [0.15, 0.2) is 59.6 Å². The van der Waals surface area contributed by atoms with Crippen LogP contribution in [0.4, 0.5) is 0 Å². The summed E-state index contributed by atoms with van der Waals surface area (Å²) in [4.78, 5) is 17.8. The van der Waals surface area contributed by atoms with Gasteiger partial charge in [0.2, 0.25) is 5.91 Å². The third-order valence-corrected chi connectivity index (χ3v) is 4.25. The number of hydrogen-bond acceptors (Lipinski definition) is 2. The van der Waals surface area contributed by atoms with Crippen LogP contribution in [-0.4, -0.2) is 50.5 Å². The summed E-state index contributed by atoms with van der Waals surface area (Å²) in [5.74, 6) is 0.608. The molecule has 0 aromatic heterocycles. The first-order valence-electron chi connectivity index (χ1n) is 9.05. The lowest BCUT2D eigenvalue weighted by atomic mass is 10.1. The Bertz CT molecular complexity index is 747. The van der Waals surface area contributed by atoms with E-state index in [2.05, 4.69) is 27.8 Å². The monoisotopic (exact) mass is 386 g/mol. The molecule has 0 aliphatic carbocycles. The fraction of sp³-hybridized carbons (Fsp3) is 0.333. The summed E-state index contributed by atoms with van der Waals surface area (Å²) >= 11 is 6.03. The van der Waals surface area contributed by atoms with E-state index in [1.807, 2.05) is 42.5 Å². The maximum absolute atomic E-state index is 11.8. The summed E-state index contributed by atoms with van der Waals surface area (Å²) < 4.78 is 0. The van der Waals surface area contributed by atoms with Gasteiger partial charge in [-0.25, -0.2) is 4.99 Å². The largest absolute Gasteiger partial charge is 0.356 e. The van der Waals surface area contributed by atoms with Gasteiger partial charge in [-0.15, -0.1) is 0 Å². The minimum atomic E-state index is -0.0333. The fourth-order valence-electron chi connectivity index (χ4n) is 2.45. The Morgan fingerprint density at radius 2 is 1.59 bits per heavy atom. The number of nitrogens with zero attached hydrogens (tertiary/aromatic N) is 2. The van der Waals surface area contributed by atoms with Crippen LogP contribution in [0.5, 0.6) is 0 Å². The summed E-state index contributed by atoms with van der Waals surface area (Å²) in [7, 11) is 3.46. The van der Waals surface area contributed by atoms with E-state index in [0.29, 0.717) is 12.5 Å². The van der Waals surface area contributed by atoms with Gasteiger partial charge in [0.1, 0.15) is 6.54 Å². The van der Waals surface area contributed by atoms with Gasteiger partial charge in [0.25, 0.3) is 0 Å². The van der Waals surface area contributed by atoms with Crippen LogP contribution in [0.2, 0.25) is 5.02 Å². The van der Waals surface area contributed by atoms with Crippen LogP contribution in [0.1, 0.15) is 11.1 Å². The van der Waals surface area contributed by atoms with Crippen molar-refractivity contribution >= 4 is 23.5 Å². The molecule has 0 atom stereocenters. The Hall–Kier alpha value is -2.53. The number of carbonyl (C=O) groups excluding carboxylic acids is 1. The van der Waals surface area contributed by atoms with Crippen molar-refractivity contribution in [1.29, 1.82) is 0 Å².